The first-order valence-electron chi connectivity index (χ1n) is 10.7. The maximum Gasteiger partial charge on any atom is 0.407 e. The molecule has 0 radical (unpaired) electrons. The van der Waals surface area contributed by atoms with Gasteiger partial charge in [-0.25, -0.2) is 14.0 Å². The number of ether oxygens (including phenoxy) is 3. The van der Waals surface area contributed by atoms with Gasteiger partial charge in [0.15, 0.2) is 11.6 Å². The molecule has 172 valence electrons. The van der Waals surface area contributed by atoms with Gasteiger partial charge in [-0.1, -0.05) is 0 Å². The molecule has 3 rings (SSSR count). The molecular formula is C22H32FN3O5. The van der Waals surface area contributed by atoms with Crippen LogP contribution in [0.4, 0.5) is 20.6 Å². The van der Waals surface area contributed by atoms with Gasteiger partial charge in [0.2, 0.25) is 0 Å². The first kappa shape index (κ1) is 23.0. The molecule has 8 nitrogen and oxygen atoms in total. The van der Waals surface area contributed by atoms with Gasteiger partial charge in [-0.2, -0.15) is 0 Å². The Morgan fingerprint density at radius 2 is 1.94 bits per heavy atom. The molecular weight excluding hydrogens is 405 g/mol. The Morgan fingerprint density at radius 3 is 2.48 bits per heavy atom. The molecule has 0 bridgehead atoms. The molecule has 9 heteroatoms. The Morgan fingerprint density at radius 1 is 1.26 bits per heavy atom. The van der Waals surface area contributed by atoms with E-state index in [0.29, 0.717) is 25.1 Å². The van der Waals surface area contributed by atoms with Gasteiger partial charge in [-0.15, -0.1) is 0 Å². The average molecular weight is 438 g/mol. The molecule has 1 aliphatic carbocycles. The van der Waals surface area contributed by atoms with Gasteiger partial charge in [0.25, 0.3) is 0 Å². The summed E-state index contributed by atoms with van der Waals surface area (Å²) in [5.74, 6) is -1.10. The Bertz CT molecular complexity index is 864. The Labute approximate surface area is 182 Å². The number of hydrogen-bond donors (Lipinski definition) is 2. The number of amides is 1. The number of nitrogens with two attached hydrogens (primary N) is 1. The van der Waals surface area contributed by atoms with E-state index in [1.54, 1.807) is 32.6 Å². The summed E-state index contributed by atoms with van der Waals surface area (Å²) in [4.78, 5) is 26.5. The zero-order chi connectivity index (χ0) is 22.9. The molecule has 1 saturated carbocycles. The lowest BCUT2D eigenvalue weighted by molar-refractivity contribution is 0.0503. The molecule has 3 N–H and O–H groups in total. The Balaban J connectivity index is 1.91. The predicted molar refractivity (Wildman–Crippen MR) is 115 cm³/mol. The fourth-order valence-electron chi connectivity index (χ4n) is 3.95. The van der Waals surface area contributed by atoms with Crippen LogP contribution in [0.1, 0.15) is 68.8 Å². The lowest BCUT2D eigenvalue weighted by atomic mass is 9.97. The van der Waals surface area contributed by atoms with Crippen molar-refractivity contribution in [3.63, 3.8) is 0 Å². The number of anilines is 2. The summed E-state index contributed by atoms with van der Waals surface area (Å²) < 4.78 is 31.7. The molecule has 1 aromatic rings. The highest BCUT2D eigenvalue weighted by Crippen LogP contribution is 2.51. The van der Waals surface area contributed by atoms with Crippen molar-refractivity contribution in [2.24, 2.45) is 0 Å². The number of esters is 1. The van der Waals surface area contributed by atoms with Crippen LogP contribution in [-0.2, 0) is 9.47 Å². The van der Waals surface area contributed by atoms with Gasteiger partial charge < -0.3 is 30.2 Å². The van der Waals surface area contributed by atoms with Gasteiger partial charge in [-0.05, 0) is 52.9 Å². The number of nitrogen functional groups attached to an aromatic ring is 1. The van der Waals surface area contributed by atoms with Crippen molar-refractivity contribution in [2.75, 3.05) is 37.4 Å². The third-order valence-electron chi connectivity index (χ3n) is 5.34. The molecule has 1 heterocycles. The van der Waals surface area contributed by atoms with Gasteiger partial charge in [0.1, 0.15) is 11.3 Å². The van der Waals surface area contributed by atoms with Crippen LogP contribution in [0.5, 0.6) is 5.75 Å². The molecule has 2 aliphatic rings. The largest absolute Gasteiger partial charge is 0.492 e. The fraction of sp³-hybridized carbons (Fsp3) is 0.636. The Hall–Kier alpha value is -2.71. The van der Waals surface area contributed by atoms with Crippen LogP contribution in [0.2, 0.25) is 0 Å². The highest BCUT2D eigenvalue weighted by atomic mass is 19.1. The van der Waals surface area contributed by atoms with E-state index in [-0.39, 0.29) is 41.3 Å². The topological polar surface area (TPSA) is 103 Å². The van der Waals surface area contributed by atoms with E-state index in [2.05, 4.69) is 5.32 Å². The van der Waals surface area contributed by atoms with E-state index in [1.165, 1.54) is 7.11 Å². The number of carbonyl (C=O) groups is 2. The lowest BCUT2D eigenvalue weighted by Gasteiger charge is -2.26. The van der Waals surface area contributed by atoms with Crippen molar-refractivity contribution in [3.05, 3.63) is 16.9 Å². The summed E-state index contributed by atoms with van der Waals surface area (Å²) in [6, 6.07) is -0.214. The Kier molecular flexibility index (Phi) is 6.52. The van der Waals surface area contributed by atoms with Crippen molar-refractivity contribution in [1.82, 2.24) is 5.32 Å². The summed E-state index contributed by atoms with van der Waals surface area (Å²) in [5, 5.41) is 2.83. The highest BCUT2D eigenvalue weighted by molar-refractivity contribution is 6.01. The smallest absolute Gasteiger partial charge is 0.407 e. The number of hydrogen-bond acceptors (Lipinski definition) is 7. The zero-order valence-corrected chi connectivity index (χ0v) is 18.8. The van der Waals surface area contributed by atoms with Crippen molar-refractivity contribution >= 4 is 23.4 Å². The van der Waals surface area contributed by atoms with Crippen molar-refractivity contribution < 1.29 is 28.2 Å². The molecule has 2 fully saturated rings. The number of carbonyl (C=O) groups excluding carboxylic acids is 2. The minimum atomic E-state index is -0.642. The number of benzene rings is 1. The minimum Gasteiger partial charge on any atom is -0.492 e. The van der Waals surface area contributed by atoms with Crippen LogP contribution in [0.25, 0.3) is 0 Å². The van der Waals surface area contributed by atoms with E-state index >= 15 is 4.39 Å². The molecule has 1 unspecified atom stereocenters. The van der Waals surface area contributed by atoms with E-state index in [9.17, 15) is 9.59 Å². The van der Waals surface area contributed by atoms with Gasteiger partial charge in [-0.3, -0.25) is 0 Å². The molecule has 31 heavy (non-hydrogen) atoms. The summed E-state index contributed by atoms with van der Waals surface area (Å²) in [6.45, 7) is 8.10. The van der Waals surface area contributed by atoms with E-state index in [0.717, 1.165) is 12.8 Å². The van der Waals surface area contributed by atoms with E-state index in [4.69, 9.17) is 19.9 Å². The van der Waals surface area contributed by atoms with Crippen LogP contribution in [0.3, 0.4) is 0 Å². The minimum absolute atomic E-state index is 0.0603. The monoisotopic (exact) mass is 437 g/mol. The third kappa shape index (κ3) is 4.97. The SMILES string of the molecule is CCOC(=O)c1c(N)c(OC)c(N2CCC(NC(=O)OC(C)(C)C)C2)c(F)c1C1CC1. The fourth-order valence-corrected chi connectivity index (χ4v) is 3.95. The van der Waals surface area contributed by atoms with Crippen LogP contribution in [-0.4, -0.2) is 50.5 Å². The zero-order valence-electron chi connectivity index (χ0n) is 18.8. The molecule has 1 aliphatic heterocycles. The third-order valence-corrected chi connectivity index (χ3v) is 5.34. The van der Waals surface area contributed by atoms with Crippen molar-refractivity contribution in [2.45, 2.75) is 64.5 Å². The number of nitrogens with one attached hydrogen (secondary N) is 1. The molecule has 1 amide bonds. The van der Waals surface area contributed by atoms with Crippen LogP contribution in [0.15, 0.2) is 0 Å². The quantitative estimate of drug-likeness (QED) is 0.518. The number of nitrogens with zero attached hydrogens (tertiary/aromatic N) is 1. The summed E-state index contributed by atoms with van der Waals surface area (Å²) in [7, 11) is 1.40. The maximum absolute atomic E-state index is 15.8. The van der Waals surface area contributed by atoms with E-state index < -0.39 is 23.5 Å². The number of methoxy groups -OCH3 is 1. The standard InChI is InChI=1S/C22H32FN3O5/c1-6-30-20(27)15-14(12-7-8-12)16(23)18(19(29-5)17(15)24)26-10-9-13(11-26)25-21(28)31-22(2,3)4/h12-13H,6-11,24H2,1-5H3,(H,25,28). The predicted octanol–water partition coefficient (Wildman–Crippen LogP) is 3.57. The van der Waals surface area contributed by atoms with E-state index in [1.807, 2.05) is 0 Å². The summed E-state index contributed by atoms with van der Waals surface area (Å²) >= 11 is 0. The normalized spacial score (nSPS) is 18.6. The second kappa shape index (κ2) is 8.80. The first-order valence-corrected chi connectivity index (χ1v) is 10.7. The van der Waals surface area contributed by atoms with Crippen molar-refractivity contribution in [1.29, 1.82) is 0 Å². The van der Waals surface area contributed by atoms with Crippen LogP contribution in [0, 0.1) is 5.82 Å². The molecule has 1 saturated heterocycles. The first-order chi connectivity index (χ1) is 14.6. The van der Waals surface area contributed by atoms with Gasteiger partial charge >= 0.3 is 12.1 Å². The number of alkyl carbamates (subject to hydrolysis) is 1. The highest BCUT2D eigenvalue weighted by Gasteiger charge is 2.39. The second-order valence-electron chi connectivity index (χ2n) is 8.97. The van der Waals surface area contributed by atoms with Crippen LogP contribution < -0.4 is 20.7 Å². The lowest BCUT2D eigenvalue weighted by Crippen LogP contribution is -2.40. The van der Waals surface area contributed by atoms with Gasteiger partial charge in [0, 0.05) is 18.7 Å². The average Bonchev–Trinajstić information content (AvgIpc) is 3.40. The second-order valence-corrected chi connectivity index (χ2v) is 8.97. The molecule has 0 aromatic heterocycles. The maximum atomic E-state index is 15.8. The molecule has 0 spiro atoms. The summed E-state index contributed by atoms with van der Waals surface area (Å²) in [5.41, 5.74) is 6.37. The number of halogens is 1. The van der Waals surface area contributed by atoms with Crippen molar-refractivity contribution in [3.8, 4) is 5.75 Å². The molecule has 1 aromatic carbocycles. The summed E-state index contributed by atoms with van der Waals surface area (Å²) in [6.07, 6.45) is 1.68. The number of rotatable bonds is 6. The van der Waals surface area contributed by atoms with Crippen LogP contribution >= 0.6 is 0 Å². The van der Waals surface area contributed by atoms with Gasteiger partial charge in [0.05, 0.1) is 31.0 Å². The molecule has 1 atom stereocenters.